The summed E-state index contributed by atoms with van der Waals surface area (Å²) in [5.41, 5.74) is 1.27. The van der Waals surface area contributed by atoms with Crippen molar-refractivity contribution in [2.75, 3.05) is 5.32 Å². The highest BCUT2D eigenvalue weighted by Gasteiger charge is 2.31. The Morgan fingerprint density at radius 1 is 1.10 bits per heavy atom. The van der Waals surface area contributed by atoms with Crippen molar-refractivity contribution in [1.29, 1.82) is 5.26 Å². The van der Waals surface area contributed by atoms with Crippen LogP contribution in [0.25, 0.3) is 0 Å². The molecule has 2 rings (SSSR count). The first-order chi connectivity index (χ1) is 9.90. The van der Waals surface area contributed by atoms with Crippen molar-refractivity contribution in [3.63, 3.8) is 0 Å². The molecule has 1 N–H and O–H groups in total. The average Bonchev–Trinajstić information content (AvgIpc) is 2.46. The van der Waals surface area contributed by atoms with Gasteiger partial charge in [0.25, 0.3) is 0 Å². The van der Waals surface area contributed by atoms with Gasteiger partial charge in [0.15, 0.2) is 0 Å². The predicted octanol–water partition coefficient (Wildman–Crippen LogP) is 4.69. The van der Waals surface area contributed by atoms with Crippen LogP contribution in [0.4, 0.5) is 18.9 Å². The van der Waals surface area contributed by atoms with Crippen molar-refractivity contribution >= 4 is 5.69 Å². The zero-order valence-corrected chi connectivity index (χ0v) is 11.3. The molecular formula is C16H13F3N2. The monoisotopic (exact) mass is 290 g/mol. The van der Waals surface area contributed by atoms with Crippen LogP contribution in [0, 0.1) is 18.3 Å². The molecule has 1 atom stereocenters. The van der Waals surface area contributed by atoms with Crippen LogP contribution >= 0.6 is 0 Å². The fourth-order valence-corrected chi connectivity index (χ4v) is 1.90. The van der Waals surface area contributed by atoms with Crippen LogP contribution in [0.2, 0.25) is 0 Å². The molecule has 0 amide bonds. The van der Waals surface area contributed by atoms with Gasteiger partial charge in [0.1, 0.15) is 6.04 Å². The van der Waals surface area contributed by atoms with Gasteiger partial charge in [-0.25, -0.2) is 0 Å². The second kappa shape index (κ2) is 5.88. The van der Waals surface area contributed by atoms with Gasteiger partial charge in [0.2, 0.25) is 0 Å². The standard InChI is InChI=1S/C16H13F3N2/c1-11-5-7-14(8-6-11)21-15(10-20)12-3-2-4-13(9-12)16(17,18)19/h2-9,15,21H,1H3. The molecule has 0 saturated heterocycles. The lowest BCUT2D eigenvalue weighted by Gasteiger charge is -2.15. The molecule has 0 bridgehead atoms. The summed E-state index contributed by atoms with van der Waals surface area (Å²) in [6.45, 7) is 1.93. The van der Waals surface area contributed by atoms with Gasteiger partial charge in [-0.2, -0.15) is 18.4 Å². The van der Waals surface area contributed by atoms with Crippen molar-refractivity contribution < 1.29 is 13.2 Å². The lowest BCUT2D eigenvalue weighted by molar-refractivity contribution is -0.137. The Morgan fingerprint density at radius 3 is 2.33 bits per heavy atom. The minimum absolute atomic E-state index is 0.285. The maximum Gasteiger partial charge on any atom is 0.416 e. The summed E-state index contributed by atoms with van der Waals surface area (Å²) in [5, 5.41) is 12.1. The Bertz CT molecular complexity index is 654. The fourth-order valence-electron chi connectivity index (χ4n) is 1.90. The first-order valence-corrected chi connectivity index (χ1v) is 6.30. The summed E-state index contributed by atoms with van der Waals surface area (Å²) < 4.78 is 38.1. The number of nitrogens with one attached hydrogen (secondary N) is 1. The van der Waals surface area contributed by atoms with Crippen molar-refractivity contribution in [2.24, 2.45) is 0 Å². The van der Waals surface area contributed by atoms with Gasteiger partial charge in [0, 0.05) is 5.69 Å². The van der Waals surface area contributed by atoms with Gasteiger partial charge in [-0.05, 0) is 36.8 Å². The number of anilines is 1. The van der Waals surface area contributed by atoms with E-state index in [0.717, 1.165) is 17.7 Å². The smallest absolute Gasteiger partial charge is 0.366 e. The predicted molar refractivity (Wildman–Crippen MR) is 74.6 cm³/mol. The lowest BCUT2D eigenvalue weighted by atomic mass is 10.0. The van der Waals surface area contributed by atoms with Crippen LogP contribution in [0.15, 0.2) is 48.5 Å². The van der Waals surface area contributed by atoms with Crippen LogP contribution < -0.4 is 5.32 Å². The van der Waals surface area contributed by atoms with E-state index in [0.29, 0.717) is 5.69 Å². The number of halogens is 3. The molecule has 108 valence electrons. The average molecular weight is 290 g/mol. The minimum Gasteiger partial charge on any atom is -0.366 e. The quantitative estimate of drug-likeness (QED) is 0.890. The molecule has 0 fully saturated rings. The van der Waals surface area contributed by atoms with E-state index in [1.807, 2.05) is 25.1 Å². The third-order valence-electron chi connectivity index (χ3n) is 3.04. The summed E-state index contributed by atoms with van der Waals surface area (Å²) in [4.78, 5) is 0. The summed E-state index contributed by atoms with van der Waals surface area (Å²) in [7, 11) is 0. The number of alkyl halides is 3. The van der Waals surface area contributed by atoms with Gasteiger partial charge in [-0.1, -0.05) is 29.8 Å². The number of benzene rings is 2. The summed E-state index contributed by atoms with van der Waals surface area (Å²) >= 11 is 0. The van der Waals surface area contributed by atoms with E-state index in [1.165, 1.54) is 12.1 Å². The maximum atomic E-state index is 12.7. The van der Waals surface area contributed by atoms with E-state index >= 15 is 0 Å². The zero-order chi connectivity index (χ0) is 15.5. The highest BCUT2D eigenvalue weighted by atomic mass is 19.4. The second-order valence-corrected chi connectivity index (χ2v) is 4.70. The Balaban J connectivity index is 2.26. The Kier molecular flexibility index (Phi) is 4.18. The summed E-state index contributed by atoms with van der Waals surface area (Å²) in [5.74, 6) is 0. The molecule has 1 unspecified atom stereocenters. The van der Waals surface area contributed by atoms with Gasteiger partial charge < -0.3 is 5.32 Å². The van der Waals surface area contributed by atoms with Crippen molar-refractivity contribution in [2.45, 2.75) is 19.1 Å². The van der Waals surface area contributed by atoms with Gasteiger partial charge in [-0.15, -0.1) is 0 Å². The number of hydrogen-bond acceptors (Lipinski definition) is 2. The molecule has 5 heteroatoms. The van der Waals surface area contributed by atoms with E-state index in [1.54, 1.807) is 12.1 Å². The van der Waals surface area contributed by atoms with E-state index in [2.05, 4.69) is 5.32 Å². The molecule has 0 aliphatic carbocycles. The largest absolute Gasteiger partial charge is 0.416 e. The second-order valence-electron chi connectivity index (χ2n) is 4.70. The first-order valence-electron chi connectivity index (χ1n) is 6.30. The Labute approximate surface area is 120 Å². The molecular weight excluding hydrogens is 277 g/mol. The molecule has 0 aliphatic heterocycles. The number of aryl methyl sites for hydroxylation is 1. The first kappa shape index (κ1) is 14.9. The van der Waals surface area contributed by atoms with Crippen LogP contribution in [0.3, 0.4) is 0 Å². The minimum atomic E-state index is -4.42. The SMILES string of the molecule is Cc1ccc(NC(C#N)c2cccc(C(F)(F)F)c2)cc1. The van der Waals surface area contributed by atoms with Gasteiger partial charge in [0.05, 0.1) is 11.6 Å². The molecule has 0 radical (unpaired) electrons. The van der Waals surface area contributed by atoms with Crippen molar-refractivity contribution in [3.8, 4) is 6.07 Å². The number of hydrogen-bond donors (Lipinski definition) is 1. The van der Waals surface area contributed by atoms with E-state index in [4.69, 9.17) is 0 Å². The zero-order valence-electron chi connectivity index (χ0n) is 11.3. The van der Waals surface area contributed by atoms with E-state index in [-0.39, 0.29) is 5.56 Å². The molecule has 2 aromatic rings. The third kappa shape index (κ3) is 3.76. The molecule has 0 spiro atoms. The molecule has 2 nitrogen and oxygen atoms in total. The molecule has 2 aromatic carbocycles. The van der Waals surface area contributed by atoms with Crippen LogP contribution in [0.1, 0.15) is 22.7 Å². The van der Waals surface area contributed by atoms with E-state index < -0.39 is 17.8 Å². The highest BCUT2D eigenvalue weighted by Crippen LogP contribution is 2.31. The normalized spacial score (nSPS) is 12.5. The van der Waals surface area contributed by atoms with Gasteiger partial charge >= 0.3 is 6.18 Å². The number of nitrogens with zero attached hydrogens (tertiary/aromatic N) is 1. The van der Waals surface area contributed by atoms with Crippen molar-refractivity contribution in [3.05, 3.63) is 65.2 Å². The fraction of sp³-hybridized carbons (Fsp3) is 0.188. The van der Waals surface area contributed by atoms with E-state index in [9.17, 15) is 18.4 Å². The van der Waals surface area contributed by atoms with Crippen LogP contribution in [0.5, 0.6) is 0 Å². The topological polar surface area (TPSA) is 35.8 Å². The third-order valence-corrected chi connectivity index (χ3v) is 3.04. The maximum absolute atomic E-state index is 12.7. The highest BCUT2D eigenvalue weighted by molar-refractivity contribution is 5.48. The summed E-state index contributed by atoms with van der Waals surface area (Å²) in [6.07, 6.45) is -4.42. The summed E-state index contributed by atoms with van der Waals surface area (Å²) in [6, 6.07) is 13.2. The number of nitriles is 1. The number of rotatable bonds is 3. The van der Waals surface area contributed by atoms with Crippen molar-refractivity contribution in [1.82, 2.24) is 0 Å². The Hall–Kier alpha value is -2.48. The molecule has 0 aromatic heterocycles. The molecule has 21 heavy (non-hydrogen) atoms. The lowest BCUT2D eigenvalue weighted by Crippen LogP contribution is -2.11. The molecule has 0 saturated carbocycles. The Morgan fingerprint density at radius 2 is 1.76 bits per heavy atom. The van der Waals surface area contributed by atoms with Crippen LogP contribution in [-0.4, -0.2) is 0 Å². The van der Waals surface area contributed by atoms with Crippen LogP contribution in [-0.2, 0) is 6.18 Å². The molecule has 0 heterocycles. The molecule has 0 aliphatic rings. The van der Waals surface area contributed by atoms with Gasteiger partial charge in [-0.3, -0.25) is 0 Å².